The maximum atomic E-state index is 6.49. The molecule has 3 aromatic heterocycles. The Morgan fingerprint density at radius 3 is 2.31 bits per heavy atom. The van der Waals surface area contributed by atoms with Crippen LogP contribution in [0.1, 0.15) is 11.4 Å². The minimum Gasteiger partial charge on any atom is -0.456 e. The summed E-state index contributed by atoms with van der Waals surface area (Å²) in [6.07, 6.45) is 0. The zero-order chi connectivity index (χ0) is 21.6. The molecule has 0 saturated carbocycles. The van der Waals surface area contributed by atoms with E-state index in [1.165, 1.54) is 11.3 Å². The largest absolute Gasteiger partial charge is 0.456 e. The Morgan fingerprint density at radius 1 is 0.688 bits per heavy atom. The number of imidazole rings is 1. The molecule has 0 N–H and O–H groups in total. The van der Waals surface area contributed by atoms with Gasteiger partial charge in [0.25, 0.3) is 5.82 Å². The minimum absolute atomic E-state index is 0.848. The molecule has 7 aromatic rings. The second kappa shape index (κ2) is 6.01. The van der Waals surface area contributed by atoms with Gasteiger partial charge in [-0.25, -0.2) is 4.57 Å². The van der Waals surface area contributed by atoms with E-state index in [2.05, 4.69) is 84.6 Å². The monoisotopic (exact) mass is 417 g/mol. The van der Waals surface area contributed by atoms with Crippen molar-refractivity contribution < 1.29 is 13.4 Å². The summed E-state index contributed by atoms with van der Waals surface area (Å²) in [6.45, 7) is 4.31. The number of aryl methyl sites for hydroxylation is 2. The molecular formula is C28H21N2O2+. The first-order valence-corrected chi connectivity index (χ1v) is 10.9. The van der Waals surface area contributed by atoms with Gasteiger partial charge < -0.3 is 8.83 Å². The quantitative estimate of drug-likeness (QED) is 0.273. The second-order valence-electron chi connectivity index (χ2n) is 8.58. The zero-order valence-electron chi connectivity index (χ0n) is 18.1. The first-order chi connectivity index (χ1) is 15.6. The van der Waals surface area contributed by atoms with Crippen LogP contribution < -0.4 is 4.57 Å². The third kappa shape index (κ3) is 2.14. The maximum absolute atomic E-state index is 6.49. The van der Waals surface area contributed by atoms with Crippen LogP contribution in [0.15, 0.2) is 81.6 Å². The fourth-order valence-corrected chi connectivity index (χ4v) is 5.14. The van der Waals surface area contributed by atoms with E-state index in [0.717, 1.165) is 60.7 Å². The predicted octanol–water partition coefficient (Wildman–Crippen LogP) is 6.87. The molecule has 154 valence electrons. The minimum atomic E-state index is 0.848. The van der Waals surface area contributed by atoms with Crippen molar-refractivity contribution in [1.82, 2.24) is 4.57 Å². The van der Waals surface area contributed by atoms with E-state index in [1.54, 1.807) is 0 Å². The van der Waals surface area contributed by atoms with Crippen molar-refractivity contribution in [2.45, 2.75) is 13.8 Å². The molecule has 3 heterocycles. The molecule has 4 aromatic carbocycles. The molecule has 0 radical (unpaired) electrons. The Labute approximate surface area is 183 Å². The van der Waals surface area contributed by atoms with Crippen LogP contribution >= 0.6 is 0 Å². The van der Waals surface area contributed by atoms with Gasteiger partial charge in [-0.1, -0.05) is 36.4 Å². The average molecular weight is 417 g/mol. The van der Waals surface area contributed by atoms with E-state index in [-0.39, 0.29) is 0 Å². The number of benzene rings is 4. The fourth-order valence-electron chi connectivity index (χ4n) is 5.14. The molecule has 4 nitrogen and oxygen atoms in total. The number of rotatable bonds is 1. The van der Waals surface area contributed by atoms with Gasteiger partial charge in [-0.05, 0) is 42.8 Å². The highest BCUT2D eigenvalue weighted by Gasteiger charge is 2.26. The smallest absolute Gasteiger partial charge is 0.259 e. The SMILES string of the molecule is Cc1ccccc1-n1c(C)[n+](C)c2c3oc4cc5oc6ccccc6c5cc4c3ccc21. The molecule has 4 heteroatoms. The van der Waals surface area contributed by atoms with Crippen LogP contribution in [0.2, 0.25) is 0 Å². The lowest BCUT2D eigenvalue weighted by Crippen LogP contribution is -2.30. The molecule has 0 spiro atoms. The zero-order valence-corrected chi connectivity index (χ0v) is 18.1. The van der Waals surface area contributed by atoms with Crippen molar-refractivity contribution in [3.05, 3.63) is 84.2 Å². The van der Waals surface area contributed by atoms with Crippen LogP contribution in [0.5, 0.6) is 0 Å². The van der Waals surface area contributed by atoms with Gasteiger partial charge in [-0.2, -0.15) is 4.57 Å². The lowest BCUT2D eigenvalue weighted by Gasteiger charge is -2.03. The molecule has 0 unspecified atom stereocenters. The topological polar surface area (TPSA) is 35.1 Å². The second-order valence-corrected chi connectivity index (χ2v) is 8.58. The Bertz CT molecular complexity index is 1860. The van der Waals surface area contributed by atoms with Crippen LogP contribution in [-0.4, -0.2) is 4.57 Å². The predicted molar refractivity (Wildman–Crippen MR) is 128 cm³/mol. The first kappa shape index (κ1) is 17.6. The molecule has 0 aliphatic heterocycles. The third-order valence-corrected chi connectivity index (χ3v) is 6.83. The summed E-state index contributed by atoms with van der Waals surface area (Å²) in [6, 6.07) is 25.3. The van der Waals surface area contributed by atoms with Gasteiger partial charge in [0.15, 0.2) is 11.1 Å². The van der Waals surface area contributed by atoms with E-state index >= 15 is 0 Å². The van der Waals surface area contributed by atoms with Crippen LogP contribution in [0, 0.1) is 13.8 Å². The summed E-state index contributed by atoms with van der Waals surface area (Å²) in [7, 11) is 2.11. The summed E-state index contributed by atoms with van der Waals surface area (Å²) in [5, 5.41) is 4.49. The van der Waals surface area contributed by atoms with Crippen LogP contribution in [-0.2, 0) is 7.05 Å². The van der Waals surface area contributed by atoms with Crippen molar-refractivity contribution in [2.75, 3.05) is 0 Å². The Hall–Kier alpha value is -4.05. The molecule has 32 heavy (non-hydrogen) atoms. The molecule has 0 bridgehead atoms. The summed E-state index contributed by atoms with van der Waals surface area (Å²) in [5.41, 5.74) is 8.18. The van der Waals surface area contributed by atoms with Gasteiger partial charge in [-0.3, -0.25) is 0 Å². The number of hydrogen-bond acceptors (Lipinski definition) is 2. The molecule has 0 fully saturated rings. The highest BCUT2D eigenvalue weighted by molar-refractivity contribution is 6.18. The van der Waals surface area contributed by atoms with Gasteiger partial charge >= 0.3 is 0 Å². The molecular weight excluding hydrogens is 396 g/mol. The van der Waals surface area contributed by atoms with E-state index < -0.39 is 0 Å². The Balaban J connectivity index is 1.61. The van der Waals surface area contributed by atoms with E-state index in [4.69, 9.17) is 8.83 Å². The van der Waals surface area contributed by atoms with Crippen molar-refractivity contribution in [3.63, 3.8) is 0 Å². The molecule has 7 rings (SSSR count). The highest BCUT2D eigenvalue weighted by Crippen LogP contribution is 2.39. The molecule has 0 aliphatic rings. The molecule has 0 atom stereocenters. The Morgan fingerprint density at radius 2 is 1.44 bits per heavy atom. The van der Waals surface area contributed by atoms with Gasteiger partial charge in [-0.15, -0.1) is 0 Å². The van der Waals surface area contributed by atoms with Crippen LogP contribution in [0.25, 0.3) is 60.6 Å². The molecule has 0 aliphatic carbocycles. The maximum Gasteiger partial charge on any atom is 0.259 e. The highest BCUT2D eigenvalue weighted by atomic mass is 16.3. The van der Waals surface area contributed by atoms with Crippen LogP contribution in [0.3, 0.4) is 0 Å². The lowest BCUT2D eigenvalue weighted by molar-refractivity contribution is -0.651. The number of hydrogen-bond donors (Lipinski definition) is 0. The van der Waals surface area contributed by atoms with Crippen molar-refractivity contribution in [1.29, 1.82) is 0 Å². The van der Waals surface area contributed by atoms with Gasteiger partial charge in [0.1, 0.15) is 22.4 Å². The van der Waals surface area contributed by atoms with Gasteiger partial charge in [0.05, 0.1) is 7.05 Å². The third-order valence-electron chi connectivity index (χ3n) is 6.83. The van der Waals surface area contributed by atoms with Gasteiger partial charge in [0.2, 0.25) is 5.52 Å². The van der Waals surface area contributed by atoms with E-state index in [9.17, 15) is 0 Å². The van der Waals surface area contributed by atoms with Crippen molar-refractivity contribution >= 4 is 54.9 Å². The first-order valence-electron chi connectivity index (χ1n) is 10.9. The van der Waals surface area contributed by atoms with Gasteiger partial charge in [0, 0.05) is 34.5 Å². The summed E-state index contributed by atoms with van der Waals surface area (Å²) >= 11 is 0. The Kier molecular flexibility index (Phi) is 3.31. The number of aromatic nitrogens is 2. The standard InChI is InChI=1S/C28H21N2O2/c1-16-8-4-6-10-22(16)30-17(2)29(3)27-23(30)13-12-19-21-14-20-18-9-5-7-11-24(18)31-25(20)15-26(21)32-28(19)27/h4-15H,1-3H3/q+1. The normalized spacial score (nSPS) is 12.2. The summed E-state index contributed by atoms with van der Waals surface area (Å²) < 4.78 is 17.1. The number of fused-ring (bicyclic) bond motifs is 8. The molecule has 0 amide bonds. The fraction of sp³-hybridized carbons (Fsp3) is 0.107. The van der Waals surface area contributed by atoms with E-state index in [1.807, 2.05) is 18.2 Å². The van der Waals surface area contributed by atoms with Crippen molar-refractivity contribution in [2.24, 2.45) is 7.05 Å². The molecule has 0 saturated heterocycles. The van der Waals surface area contributed by atoms with Crippen molar-refractivity contribution in [3.8, 4) is 5.69 Å². The average Bonchev–Trinajstić information content (AvgIpc) is 3.42. The van der Waals surface area contributed by atoms with E-state index in [0.29, 0.717) is 0 Å². The number of nitrogens with zero attached hydrogens (tertiary/aromatic N) is 2. The lowest BCUT2D eigenvalue weighted by atomic mass is 10.1. The number of para-hydroxylation sites is 2. The number of furan rings is 2. The summed E-state index contributed by atoms with van der Waals surface area (Å²) in [4.78, 5) is 0. The van der Waals surface area contributed by atoms with Crippen LogP contribution in [0.4, 0.5) is 0 Å². The summed E-state index contributed by atoms with van der Waals surface area (Å²) in [5.74, 6) is 1.15.